The summed E-state index contributed by atoms with van der Waals surface area (Å²) in [5.41, 5.74) is 8.03. The first-order chi connectivity index (χ1) is 11.9. The Kier molecular flexibility index (Phi) is 2.89. The minimum absolute atomic E-state index is 1.29. The summed E-state index contributed by atoms with van der Waals surface area (Å²) >= 11 is 0. The molecule has 0 nitrogen and oxygen atoms in total. The van der Waals surface area contributed by atoms with Crippen molar-refractivity contribution in [1.82, 2.24) is 0 Å². The fraction of sp³-hybridized carbons (Fsp3) is 0. The van der Waals surface area contributed by atoms with Crippen LogP contribution in [0.5, 0.6) is 0 Å². The van der Waals surface area contributed by atoms with Crippen LogP contribution in [0.3, 0.4) is 0 Å². The van der Waals surface area contributed by atoms with E-state index in [1.165, 1.54) is 44.2 Å². The highest BCUT2D eigenvalue weighted by Gasteiger charge is 2.28. The summed E-state index contributed by atoms with van der Waals surface area (Å²) in [6.45, 7) is 0. The summed E-state index contributed by atoms with van der Waals surface area (Å²) in [6.07, 6.45) is 0. The van der Waals surface area contributed by atoms with E-state index in [2.05, 4.69) is 97.1 Å². The van der Waals surface area contributed by atoms with Gasteiger partial charge in [0.1, 0.15) is 0 Å². The van der Waals surface area contributed by atoms with Crippen molar-refractivity contribution in [3.63, 3.8) is 0 Å². The second kappa shape index (κ2) is 5.21. The highest BCUT2D eigenvalue weighted by atomic mass is 14.3. The van der Waals surface area contributed by atoms with E-state index in [4.69, 9.17) is 0 Å². The maximum absolute atomic E-state index is 2.33. The van der Waals surface area contributed by atoms with Crippen molar-refractivity contribution < 1.29 is 0 Å². The number of fused-ring (bicyclic) bond motifs is 2. The second-order valence-corrected chi connectivity index (χ2v) is 6.23. The van der Waals surface area contributed by atoms with Gasteiger partial charge in [0.2, 0.25) is 0 Å². The molecule has 0 saturated heterocycles. The summed E-state index contributed by atoms with van der Waals surface area (Å²) in [7, 11) is 0. The molecule has 0 spiro atoms. The van der Waals surface area contributed by atoms with Crippen LogP contribution in [0.1, 0.15) is 22.3 Å². The van der Waals surface area contributed by atoms with Crippen molar-refractivity contribution in [2.75, 3.05) is 0 Å². The molecule has 0 bridgehead atoms. The van der Waals surface area contributed by atoms with Gasteiger partial charge in [-0.15, -0.1) is 0 Å². The van der Waals surface area contributed by atoms with Crippen LogP contribution in [0.4, 0.5) is 0 Å². The molecule has 0 N–H and O–H groups in total. The molecule has 0 aromatic heterocycles. The molecule has 1 aliphatic rings. The van der Waals surface area contributed by atoms with Gasteiger partial charge in [-0.3, -0.25) is 0 Å². The maximum Gasteiger partial charge on any atom is -0.00201 e. The van der Waals surface area contributed by atoms with Crippen molar-refractivity contribution >= 4 is 21.9 Å². The van der Waals surface area contributed by atoms with Crippen molar-refractivity contribution in [2.45, 2.75) is 0 Å². The first-order valence-corrected chi connectivity index (χ1v) is 8.30. The highest BCUT2D eigenvalue weighted by molar-refractivity contribution is 6.17. The topological polar surface area (TPSA) is 0 Å². The predicted octanol–water partition coefficient (Wildman–Crippen LogP) is 6.16. The van der Waals surface area contributed by atoms with Gasteiger partial charge in [-0.1, -0.05) is 84.9 Å². The van der Waals surface area contributed by atoms with Crippen LogP contribution in [0.2, 0.25) is 0 Å². The van der Waals surface area contributed by atoms with E-state index in [0.717, 1.165) is 0 Å². The molecule has 4 aromatic carbocycles. The molecule has 0 radical (unpaired) electrons. The van der Waals surface area contributed by atoms with Crippen LogP contribution in [0.25, 0.3) is 21.9 Å². The molecular weight excluding hydrogens is 288 g/mol. The Labute approximate surface area is 141 Å². The molecule has 0 heterocycles. The molecule has 0 atom stereocenters. The Morgan fingerprint density at radius 1 is 0.375 bits per heavy atom. The quantitative estimate of drug-likeness (QED) is 0.366. The Morgan fingerprint density at radius 3 is 1.17 bits per heavy atom. The van der Waals surface area contributed by atoms with Gasteiger partial charge in [0.05, 0.1) is 0 Å². The molecule has 0 amide bonds. The zero-order chi connectivity index (χ0) is 15.9. The fourth-order valence-electron chi connectivity index (χ4n) is 3.67. The standard InChI is InChI=1S/C24H16/c1-3-9-17(10-4-1)23-21-15-19-13-7-8-14-20(19)16-22(21)24(23)18-11-5-2-6-12-18/h1-16H. The summed E-state index contributed by atoms with van der Waals surface area (Å²) in [6, 6.07) is 34.7. The molecule has 0 unspecified atom stereocenters. The third-order valence-corrected chi connectivity index (χ3v) is 4.80. The summed E-state index contributed by atoms with van der Waals surface area (Å²) in [5, 5.41) is 2.61. The Bertz CT molecular complexity index is 983. The van der Waals surface area contributed by atoms with Crippen LogP contribution < -0.4 is 0 Å². The molecule has 0 saturated carbocycles. The van der Waals surface area contributed by atoms with Gasteiger partial charge in [-0.05, 0) is 56.3 Å². The highest BCUT2D eigenvalue weighted by Crippen LogP contribution is 2.48. The van der Waals surface area contributed by atoms with E-state index < -0.39 is 0 Å². The minimum Gasteiger partial charge on any atom is -0.0622 e. The second-order valence-electron chi connectivity index (χ2n) is 6.23. The third kappa shape index (κ3) is 1.93. The van der Waals surface area contributed by atoms with E-state index in [-0.39, 0.29) is 0 Å². The molecule has 112 valence electrons. The summed E-state index contributed by atoms with van der Waals surface area (Å²) in [4.78, 5) is 0. The number of benzene rings is 4. The van der Waals surface area contributed by atoms with Crippen molar-refractivity contribution in [3.8, 4) is 0 Å². The van der Waals surface area contributed by atoms with Gasteiger partial charge < -0.3 is 0 Å². The van der Waals surface area contributed by atoms with Gasteiger partial charge in [0.15, 0.2) is 0 Å². The largest absolute Gasteiger partial charge is 0.0622 e. The van der Waals surface area contributed by atoms with Crippen LogP contribution in [0.15, 0.2) is 97.1 Å². The fourth-order valence-corrected chi connectivity index (χ4v) is 3.67. The van der Waals surface area contributed by atoms with E-state index in [9.17, 15) is 0 Å². The van der Waals surface area contributed by atoms with E-state index >= 15 is 0 Å². The maximum atomic E-state index is 2.33. The Hall–Kier alpha value is -3.12. The van der Waals surface area contributed by atoms with Gasteiger partial charge in [-0.2, -0.15) is 0 Å². The molecule has 1 aliphatic carbocycles. The predicted molar refractivity (Wildman–Crippen MR) is 102 cm³/mol. The Morgan fingerprint density at radius 2 is 0.750 bits per heavy atom. The minimum atomic E-state index is 1.29. The normalized spacial score (nSPS) is 12.8. The molecule has 0 aliphatic heterocycles. The molecule has 5 rings (SSSR count). The van der Waals surface area contributed by atoms with E-state index in [1.54, 1.807) is 0 Å². The van der Waals surface area contributed by atoms with Crippen LogP contribution in [0, 0.1) is 0 Å². The first-order valence-electron chi connectivity index (χ1n) is 8.30. The van der Waals surface area contributed by atoms with Crippen molar-refractivity contribution in [3.05, 3.63) is 119 Å². The van der Waals surface area contributed by atoms with Crippen LogP contribution in [-0.4, -0.2) is 0 Å². The van der Waals surface area contributed by atoms with Gasteiger partial charge in [-0.25, -0.2) is 0 Å². The molecule has 4 aromatic rings. The summed E-state index contributed by atoms with van der Waals surface area (Å²) in [5.74, 6) is 0. The lowest BCUT2D eigenvalue weighted by Crippen LogP contribution is -2.09. The molecule has 24 heavy (non-hydrogen) atoms. The molecule has 0 fully saturated rings. The molecule has 0 heteroatoms. The SMILES string of the molecule is c1ccc(C2=C(c3ccccc3)c3cc4ccccc4cc32)cc1. The van der Waals surface area contributed by atoms with E-state index in [0.29, 0.717) is 0 Å². The average molecular weight is 304 g/mol. The lowest BCUT2D eigenvalue weighted by molar-refractivity contribution is 1.44. The monoisotopic (exact) mass is 304 g/mol. The van der Waals surface area contributed by atoms with Crippen LogP contribution >= 0.6 is 0 Å². The lowest BCUT2D eigenvalue weighted by atomic mass is 9.73. The van der Waals surface area contributed by atoms with Crippen LogP contribution in [-0.2, 0) is 0 Å². The molecular formula is C24H16. The van der Waals surface area contributed by atoms with Gasteiger partial charge >= 0.3 is 0 Å². The zero-order valence-corrected chi connectivity index (χ0v) is 13.2. The zero-order valence-electron chi connectivity index (χ0n) is 13.2. The van der Waals surface area contributed by atoms with E-state index in [1.807, 2.05) is 0 Å². The van der Waals surface area contributed by atoms with Gasteiger partial charge in [0, 0.05) is 0 Å². The van der Waals surface area contributed by atoms with Crippen molar-refractivity contribution in [2.24, 2.45) is 0 Å². The number of hydrogen-bond acceptors (Lipinski definition) is 0. The smallest absolute Gasteiger partial charge is 0.00201 e. The van der Waals surface area contributed by atoms with Crippen molar-refractivity contribution in [1.29, 1.82) is 0 Å². The Balaban J connectivity index is 1.81. The number of rotatable bonds is 2. The number of hydrogen-bond donors (Lipinski definition) is 0. The summed E-state index contributed by atoms with van der Waals surface area (Å²) < 4.78 is 0. The van der Waals surface area contributed by atoms with Gasteiger partial charge in [0.25, 0.3) is 0 Å². The average Bonchev–Trinajstić information content (AvgIpc) is 2.65. The lowest BCUT2D eigenvalue weighted by Gasteiger charge is -2.29. The first kappa shape index (κ1) is 13.3. The third-order valence-electron chi connectivity index (χ3n) is 4.80.